The van der Waals surface area contributed by atoms with Gasteiger partial charge in [-0.05, 0) is 42.0 Å². The highest BCUT2D eigenvalue weighted by molar-refractivity contribution is 6.30. The van der Waals surface area contributed by atoms with Gasteiger partial charge in [0.15, 0.2) is 5.43 Å². The standard InChI is InChI=1S/C25H15ClO5/c26-15-7-5-6-14(12-15)21(18-13-30-19-10-3-1-8-16(19)23(18)27)22-24(28)17-9-2-4-11-20(17)31-25(22)29/h1-13,21,28H. The Morgan fingerprint density at radius 3 is 2.32 bits per heavy atom. The summed E-state index contributed by atoms with van der Waals surface area (Å²) < 4.78 is 11.2. The van der Waals surface area contributed by atoms with Gasteiger partial charge in [-0.15, -0.1) is 0 Å². The van der Waals surface area contributed by atoms with Gasteiger partial charge in [0.25, 0.3) is 0 Å². The van der Waals surface area contributed by atoms with Crippen LogP contribution in [0.25, 0.3) is 21.9 Å². The Balaban J connectivity index is 1.88. The first-order valence-corrected chi connectivity index (χ1v) is 9.93. The molecule has 6 heteroatoms. The third-order valence-electron chi connectivity index (χ3n) is 5.31. The van der Waals surface area contributed by atoms with Crippen molar-refractivity contribution in [3.63, 3.8) is 0 Å². The molecule has 0 aliphatic rings. The molecule has 1 unspecified atom stereocenters. The average Bonchev–Trinajstić information content (AvgIpc) is 2.78. The van der Waals surface area contributed by atoms with Crippen molar-refractivity contribution in [2.45, 2.75) is 5.92 Å². The molecule has 0 amide bonds. The van der Waals surface area contributed by atoms with Crippen LogP contribution in [0.2, 0.25) is 5.02 Å². The molecule has 0 saturated heterocycles. The molecule has 1 N–H and O–H groups in total. The quantitative estimate of drug-likeness (QED) is 0.385. The van der Waals surface area contributed by atoms with Crippen LogP contribution in [0, 0.1) is 0 Å². The maximum atomic E-state index is 13.4. The lowest BCUT2D eigenvalue weighted by atomic mass is 9.85. The molecule has 2 heterocycles. The predicted octanol–water partition coefficient (Wildman–Crippen LogP) is 5.44. The molecule has 31 heavy (non-hydrogen) atoms. The SMILES string of the molecule is O=c1oc2ccccc2c(O)c1C(c1cccc(Cl)c1)c1coc2ccccc2c1=O. The van der Waals surface area contributed by atoms with Crippen LogP contribution >= 0.6 is 11.6 Å². The van der Waals surface area contributed by atoms with E-state index in [1.54, 1.807) is 72.8 Å². The van der Waals surface area contributed by atoms with E-state index in [0.29, 0.717) is 26.9 Å². The van der Waals surface area contributed by atoms with Crippen LogP contribution in [0.15, 0.2) is 97.5 Å². The van der Waals surface area contributed by atoms with Crippen LogP contribution in [-0.4, -0.2) is 5.11 Å². The number of benzene rings is 3. The van der Waals surface area contributed by atoms with Crippen molar-refractivity contribution in [3.05, 3.63) is 121 Å². The molecule has 3 aromatic carbocycles. The summed E-state index contributed by atoms with van der Waals surface area (Å²) in [4.78, 5) is 26.4. The lowest BCUT2D eigenvalue weighted by Gasteiger charge is -2.19. The highest BCUT2D eigenvalue weighted by atomic mass is 35.5. The number of halogens is 1. The first-order chi connectivity index (χ1) is 15.0. The van der Waals surface area contributed by atoms with E-state index < -0.39 is 11.5 Å². The van der Waals surface area contributed by atoms with E-state index in [4.69, 9.17) is 20.4 Å². The summed E-state index contributed by atoms with van der Waals surface area (Å²) in [5.41, 5.74) is 0.322. The summed E-state index contributed by atoms with van der Waals surface area (Å²) in [6, 6.07) is 20.3. The van der Waals surface area contributed by atoms with Gasteiger partial charge >= 0.3 is 5.63 Å². The zero-order valence-electron chi connectivity index (χ0n) is 16.0. The fourth-order valence-corrected chi connectivity index (χ4v) is 4.08. The number of fused-ring (bicyclic) bond motifs is 2. The van der Waals surface area contributed by atoms with Crippen molar-refractivity contribution in [2.24, 2.45) is 0 Å². The molecule has 5 nitrogen and oxygen atoms in total. The largest absolute Gasteiger partial charge is 0.507 e. The van der Waals surface area contributed by atoms with Crippen molar-refractivity contribution in [3.8, 4) is 5.75 Å². The summed E-state index contributed by atoms with van der Waals surface area (Å²) in [7, 11) is 0. The van der Waals surface area contributed by atoms with Crippen molar-refractivity contribution in [1.82, 2.24) is 0 Å². The molecule has 0 bridgehead atoms. The third-order valence-corrected chi connectivity index (χ3v) is 5.54. The van der Waals surface area contributed by atoms with Crippen molar-refractivity contribution in [2.75, 3.05) is 0 Å². The summed E-state index contributed by atoms with van der Waals surface area (Å²) in [5, 5.41) is 12.2. The minimum atomic E-state index is -0.944. The fourth-order valence-electron chi connectivity index (χ4n) is 3.88. The first kappa shape index (κ1) is 19.2. The van der Waals surface area contributed by atoms with Gasteiger partial charge in [0.2, 0.25) is 0 Å². The summed E-state index contributed by atoms with van der Waals surface area (Å²) >= 11 is 6.21. The molecule has 0 saturated carbocycles. The molecule has 0 radical (unpaired) electrons. The molecule has 1 atom stereocenters. The molecule has 0 fully saturated rings. The second kappa shape index (κ2) is 7.45. The lowest BCUT2D eigenvalue weighted by molar-refractivity contribution is 0.454. The number of aromatic hydroxyl groups is 1. The maximum absolute atomic E-state index is 13.4. The monoisotopic (exact) mass is 430 g/mol. The number of hydrogen-bond donors (Lipinski definition) is 1. The smallest absolute Gasteiger partial charge is 0.344 e. The lowest BCUT2D eigenvalue weighted by Crippen LogP contribution is -2.21. The van der Waals surface area contributed by atoms with Gasteiger partial charge in [-0.25, -0.2) is 4.79 Å². The molecule has 0 aliphatic heterocycles. The van der Waals surface area contributed by atoms with Gasteiger partial charge in [0.1, 0.15) is 16.9 Å². The summed E-state index contributed by atoms with van der Waals surface area (Å²) in [6.07, 6.45) is 1.32. The molecular formula is C25H15ClO5. The van der Waals surface area contributed by atoms with Crippen LogP contribution in [-0.2, 0) is 0 Å². The van der Waals surface area contributed by atoms with Crippen LogP contribution in [0.1, 0.15) is 22.6 Å². The minimum absolute atomic E-state index is 0.0523. The topological polar surface area (TPSA) is 80.7 Å². The van der Waals surface area contributed by atoms with Crippen LogP contribution in [0.5, 0.6) is 5.75 Å². The van der Waals surface area contributed by atoms with Crippen molar-refractivity contribution < 1.29 is 13.9 Å². The Morgan fingerprint density at radius 2 is 1.55 bits per heavy atom. The van der Waals surface area contributed by atoms with E-state index >= 15 is 0 Å². The van der Waals surface area contributed by atoms with Gasteiger partial charge in [0, 0.05) is 10.6 Å². The second-order valence-corrected chi connectivity index (χ2v) is 7.59. The Bertz CT molecular complexity index is 1560. The Morgan fingerprint density at radius 1 is 0.839 bits per heavy atom. The van der Waals surface area contributed by atoms with Gasteiger partial charge < -0.3 is 13.9 Å². The van der Waals surface area contributed by atoms with Crippen LogP contribution in [0.4, 0.5) is 0 Å². The van der Waals surface area contributed by atoms with Gasteiger partial charge in [-0.3, -0.25) is 4.79 Å². The summed E-state index contributed by atoms with van der Waals surface area (Å²) in [5.74, 6) is -1.19. The summed E-state index contributed by atoms with van der Waals surface area (Å²) in [6.45, 7) is 0. The minimum Gasteiger partial charge on any atom is -0.507 e. The normalized spacial score (nSPS) is 12.3. The molecule has 152 valence electrons. The number of para-hydroxylation sites is 2. The van der Waals surface area contributed by atoms with Gasteiger partial charge in [0.05, 0.1) is 28.5 Å². The van der Waals surface area contributed by atoms with Crippen LogP contribution in [0.3, 0.4) is 0 Å². The van der Waals surface area contributed by atoms with E-state index in [9.17, 15) is 14.7 Å². The highest BCUT2D eigenvalue weighted by Crippen LogP contribution is 2.38. The van der Waals surface area contributed by atoms with Gasteiger partial charge in [-0.2, -0.15) is 0 Å². The number of rotatable bonds is 3. The fraction of sp³-hybridized carbons (Fsp3) is 0.0400. The highest BCUT2D eigenvalue weighted by Gasteiger charge is 2.29. The molecule has 0 spiro atoms. The second-order valence-electron chi connectivity index (χ2n) is 7.15. The maximum Gasteiger partial charge on any atom is 0.344 e. The van der Waals surface area contributed by atoms with E-state index in [0.717, 1.165) is 0 Å². The Kier molecular flexibility index (Phi) is 4.60. The zero-order chi connectivity index (χ0) is 21.5. The average molecular weight is 431 g/mol. The van der Waals surface area contributed by atoms with Crippen LogP contribution < -0.4 is 11.1 Å². The Labute approximate surface area is 180 Å². The molecule has 5 aromatic rings. The predicted molar refractivity (Wildman–Crippen MR) is 119 cm³/mol. The van der Waals surface area contributed by atoms with Crippen molar-refractivity contribution >= 4 is 33.5 Å². The van der Waals surface area contributed by atoms with Crippen molar-refractivity contribution in [1.29, 1.82) is 0 Å². The van der Waals surface area contributed by atoms with E-state index in [2.05, 4.69) is 0 Å². The molecule has 0 aliphatic carbocycles. The molecular weight excluding hydrogens is 416 g/mol. The first-order valence-electron chi connectivity index (χ1n) is 9.55. The number of hydrogen-bond acceptors (Lipinski definition) is 5. The molecule has 5 rings (SSSR count). The third kappa shape index (κ3) is 3.20. The Hall–Kier alpha value is -3.83. The van der Waals surface area contributed by atoms with E-state index in [1.807, 2.05) is 0 Å². The molecule has 2 aromatic heterocycles. The van der Waals surface area contributed by atoms with Gasteiger partial charge in [-0.1, -0.05) is 48.0 Å². The zero-order valence-corrected chi connectivity index (χ0v) is 16.8. The van der Waals surface area contributed by atoms with E-state index in [1.165, 1.54) is 6.26 Å². The van der Waals surface area contributed by atoms with E-state index in [-0.39, 0.29) is 27.9 Å².